The van der Waals surface area contributed by atoms with Crippen molar-refractivity contribution in [3.05, 3.63) is 113 Å². The van der Waals surface area contributed by atoms with Crippen molar-refractivity contribution in [1.82, 2.24) is 20.9 Å². The number of amides is 4. The van der Waals surface area contributed by atoms with E-state index in [2.05, 4.69) is 16.0 Å². The van der Waals surface area contributed by atoms with Gasteiger partial charge in [0.25, 0.3) is 17.7 Å². The molecule has 268 valence electrons. The van der Waals surface area contributed by atoms with Crippen molar-refractivity contribution in [2.24, 2.45) is 0 Å². The Bertz CT molecular complexity index is 1820. The largest absolute Gasteiger partial charge is 0.507 e. The standard InChI is InChI=1S/C38H42N4O9/c1-25(41-37(49)27-14-5-6-17-30(27)43)38(50)42(23-11-21-40-35(47)28-15-9-18-31(44)33(28)46)22-8-7-20-39-36(48)29-16-10-19-32(45)34(29)51-24-26-12-3-2-4-13-26/h2-6,9-10,12-19,25,43-46H,7-8,11,20-24H2,1H3,(H,39,48)(H,40,47)(H,41,49)/t25-/m0/s1. The highest BCUT2D eigenvalue weighted by atomic mass is 16.5. The summed E-state index contributed by atoms with van der Waals surface area (Å²) in [5.74, 6) is -3.30. The lowest BCUT2D eigenvalue weighted by molar-refractivity contribution is -0.133. The van der Waals surface area contributed by atoms with Crippen molar-refractivity contribution in [2.45, 2.75) is 38.8 Å². The number of rotatable bonds is 17. The normalized spacial score (nSPS) is 11.2. The molecule has 4 amide bonds. The van der Waals surface area contributed by atoms with E-state index in [1.54, 1.807) is 29.2 Å². The number of para-hydroxylation sites is 3. The topological polar surface area (TPSA) is 198 Å². The fourth-order valence-corrected chi connectivity index (χ4v) is 5.20. The fraction of sp³-hybridized carbons (Fsp3) is 0.263. The summed E-state index contributed by atoms with van der Waals surface area (Å²) >= 11 is 0. The predicted octanol–water partition coefficient (Wildman–Crippen LogP) is 4.07. The summed E-state index contributed by atoms with van der Waals surface area (Å²) in [5, 5.41) is 48.2. The maximum absolute atomic E-state index is 13.5. The molecule has 0 unspecified atom stereocenters. The zero-order valence-corrected chi connectivity index (χ0v) is 28.2. The number of carbonyl (C=O) groups is 4. The van der Waals surface area contributed by atoms with Crippen molar-refractivity contribution < 1.29 is 44.3 Å². The predicted molar refractivity (Wildman–Crippen MR) is 189 cm³/mol. The third-order valence-electron chi connectivity index (χ3n) is 7.93. The Morgan fingerprint density at radius 1 is 0.627 bits per heavy atom. The van der Waals surface area contributed by atoms with Crippen LogP contribution in [0.2, 0.25) is 0 Å². The van der Waals surface area contributed by atoms with Crippen LogP contribution in [0.25, 0.3) is 0 Å². The van der Waals surface area contributed by atoms with Gasteiger partial charge in [-0.05, 0) is 68.1 Å². The van der Waals surface area contributed by atoms with E-state index < -0.39 is 35.3 Å². The molecule has 0 radical (unpaired) electrons. The fourth-order valence-electron chi connectivity index (χ4n) is 5.20. The van der Waals surface area contributed by atoms with Gasteiger partial charge in [-0.2, -0.15) is 0 Å². The molecule has 0 aliphatic rings. The molecular formula is C38H42N4O9. The van der Waals surface area contributed by atoms with Crippen LogP contribution in [-0.2, 0) is 11.4 Å². The molecule has 0 fully saturated rings. The van der Waals surface area contributed by atoms with Crippen LogP contribution < -0.4 is 20.7 Å². The highest BCUT2D eigenvalue weighted by molar-refractivity contribution is 6.00. The van der Waals surface area contributed by atoms with Gasteiger partial charge < -0.3 is 46.0 Å². The number of unbranched alkanes of at least 4 members (excludes halogenated alkanes) is 1. The average molecular weight is 699 g/mol. The maximum Gasteiger partial charge on any atom is 0.255 e. The van der Waals surface area contributed by atoms with Crippen LogP contribution in [0.4, 0.5) is 0 Å². The molecule has 0 heterocycles. The third kappa shape index (κ3) is 10.6. The average Bonchev–Trinajstić information content (AvgIpc) is 3.12. The molecule has 13 heteroatoms. The van der Waals surface area contributed by atoms with Gasteiger partial charge >= 0.3 is 0 Å². The van der Waals surface area contributed by atoms with Crippen LogP contribution in [0.1, 0.15) is 62.8 Å². The van der Waals surface area contributed by atoms with E-state index >= 15 is 0 Å². The molecule has 0 aromatic heterocycles. The number of phenols is 4. The van der Waals surface area contributed by atoms with E-state index in [0.29, 0.717) is 19.3 Å². The Morgan fingerprint density at radius 2 is 1.20 bits per heavy atom. The number of hydrogen-bond acceptors (Lipinski definition) is 9. The smallest absolute Gasteiger partial charge is 0.255 e. The van der Waals surface area contributed by atoms with E-state index in [-0.39, 0.29) is 72.6 Å². The molecule has 0 saturated heterocycles. The van der Waals surface area contributed by atoms with E-state index in [1.165, 1.54) is 43.3 Å². The van der Waals surface area contributed by atoms with Gasteiger partial charge in [0.1, 0.15) is 18.4 Å². The molecular weight excluding hydrogens is 656 g/mol. The minimum atomic E-state index is -0.948. The molecule has 13 nitrogen and oxygen atoms in total. The Balaban J connectivity index is 1.32. The van der Waals surface area contributed by atoms with Crippen molar-refractivity contribution in [3.63, 3.8) is 0 Å². The molecule has 0 spiro atoms. The summed E-state index contributed by atoms with van der Waals surface area (Å²) in [4.78, 5) is 53.4. The number of aromatic hydroxyl groups is 4. The van der Waals surface area contributed by atoms with E-state index in [1.807, 2.05) is 30.3 Å². The quantitative estimate of drug-likeness (QED) is 0.0628. The zero-order valence-electron chi connectivity index (χ0n) is 28.2. The first-order chi connectivity index (χ1) is 24.6. The molecule has 0 saturated carbocycles. The molecule has 1 atom stereocenters. The molecule has 0 bridgehead atoms. The first-order valence-corrected chi connectivity index (χ1v) is 16.5. The van der Waals surface area contributed by atoms with E-state index in [9.17, 15) is 39.6 Å². The Labute approximate surface area is 295 Å². The lowest BCUT2D eigenvalue weighted by atomic mass is 10.1. The maximum atomic E-state index is 13.5. The summed E-state index contributed by atoms with van der Waals surface area (Å²) in [6.45, 7) is 2.58. The summed E-state index contributed by atoms with van der Waals surface area (Å²) < 4.78 is 5.79. The molecule has 4 aromatic carbocycles. The Morgan fingerprint density at radius 3 is 1.92 bits per heavy atom. The van der Waals surface area contributed by atoms with Crippen LogP contribution >= 0.6 is 0 Å². The second-order valence-corrected chi connectivity index (χ2v) is 11.7. The molecule has 7 N–H and O–H groups in total. The summed E-state index contributed by atoms with van der Waals surface area (Å²) in [7, 11) is 0. The second-order valence-electron chi connectivity index (χ2n) is 11.7. The monoisotopic (exact) mass is 698 g/mol. The molecule has 0 aliphatic heterocycles. The second kappa shape index (κ2) is 18.5. The number of benzene rings is 4. The summed E-state index contributed by atoms with van der Waals surface area (Å²) in [6, 6.07) is 23.0. The minimum absolute atomic E-state index is 0.0257. The lowest BCUT2D eigenvalue weighted by Gasteiger charge is -2.26. The Kier molecular flexibility index (Phi) is 13.6. The number of nitrogens with zero attached hydrogens (tertiary/aromatic N) is 1. The number of nitrogens with one attached hydrogen (secondary N) is 3. The molecule has 4 rings (SSSR count). The number of phenolic OH excluding ortho intramolecular Hbond substituents is 4. The van der Waals surface area contributed by atoms with Gasteiger partial charge in [-0.15, -0.1) is 0 Å². The summed E-state index contributed by atoms with van der Waals surface area (Å²) in [6.07, 6.45) is 1.30. The van der Waals surface area contributed by atoms with Gasteiger partial charge in [0.05, 0.1) is 16.7 Å². The van der Waals surface area contributed by atoms with Crippen LogP contribution in [0.3, 0.4) is 0 Å². The number of hydrogen-bond donors (Lipinski definition) is 7. The van der Waals surface area contributed by atoms with Crippen LogP contribution in [-0.4, -0.2) is 81.2 Å². The van der Waals surface area contributed by atoms with Gasteiger partial charge in [-0.25, -0.2) is 0 Å². The first-order valence-electron chi connectivity index (χ1n) is 16.5. The van der Waals surface area contributed by atoms with E-state index in [4.69, 9.17) is 4.74 Å². The summed E-state index contributed by atoms with van der Waals surface area (Å²) in [5.41, 5.74) is 0.984. The van der Waals surface area contributed by atoms with Crippen molar-refractivity contribution in [1.29, 1.82) is 0 Å². The van der Waals surface area contributed by atoms with Gasteiger partial charge in [-0.3, -0.25) is 19.2 Å². The minimum Gasteiger partial charge on any atom is -0.507 e. The van der Waals surface area contributed by atoms with Crippen molar-refractivity contribution in [2.75, 3.05) is 26.2 Å². The van der Waals surface area contributed by atoms with E-state index in [0.717, 1.165) is 5.56 Å². The highest BCUT2D eigenvalue weighted by Gasteiger charge is 2.24. The molecule has 51 heavy (non-hydrogen) atoms. The first kappa shape index (κ1) is 37.6. The molecule has 0 aliphatic carbocycles. The SMILES string of the molecule is C[C@H](NC(=O)c1ccccc1O)C(=O)N(CCCCNC(=O)c1cccc(O)c1OCc1ccccc1)CCCNC(=O)c1cccc(O)c1O. The van der Waals surface area contributed by atoms with Gasteiger partial charge in [-0.1, -0.05) is 54.6 Å². The van der Waals surface area contributed by atoms with Gasteiger partial charge in [0.2, 0.25) is 5.91 Å². The lowest BCUT2D eigenvalue weighted by Crippen LogP contribution is -2.48. The number of ether oxygens (including phenoxy) is 1. The van der Waals surface area contributed by atoms with Crippen LogP contribution in [0, 0.1) is 0 Å². The van der Waals surface area contributed by atoms with Gasteiger partial charge in [0.15, 0.2) is 23.0 Å². The van der Waals surface area contributed by atoms with Crippen LogP contribution in [0.5, 0.6) is 28.7 Å². The zero-order chi connectivity index (χ0) is 36.8. The van der Waals surface area contributed by atoms with Crippen molar-refractivity contribution in [3.8, 4) is 28.7 Å². The Hall–Kier alpha value is -6.24. The number of carbonyl (C=O) groups excluding carboxylic acids is 4. The van der Waals surface area contributed by atoms with Crippen molar-refractivity contribution >= 4 is 23.6 Å². The third-order valence-corrected chi connectivity index (χ3v) is 7.93. The molecule has 4 aromatic rings. The van der Waals surface area contributed by atoms with Gasteiger partial charge in [0, 0.05) is 26.2 Å². The highest BCUT2D eigenvalue weighted by Crippen LogP contribution is 2.31. The van der Waals surface area contributed by atoms with Crippen LogP contribution in [0.15, 0.2) is 91.0 Å².